The van der Waals surface area contributed by atoms with Crippen LogP contribution in [0.15, 0.2) is 42.5 Å². The Morgan fingerprint density at radius 1 is 1.08 bits per heavy atom. The van der Waals surface area contributed by atoms with Gasteiger partial charge in [-0.15, -0.1) is 0 Å². The molecule has 1 fully saturated rings. The van der Waals surface area contributed by atoms with Gasteiger partial charge in [-0.3, -0.25) is 14.5 Å². The first-order valence-electron chi connectivity index (χ1n) is 12.7. The summed E-state index contributed by atoms with van der Waals surface area (Å²) < 4.78 is 16.4. The van der Waals surface area contributed by atoms with Crippen LogP contribution in [0.25, 0.3) is 0 Å². The summed E-state index contributed by atoms with van der Waals surface area (Å²) in [5, 5.41) is 10.5. The lowest BCUT2D eigenvalue weighted by Gasteiger charge is -2.35. The maximum absolute atomic E-state index is 13.6. The van der Waals surface area contributed by atoms with Crippen LogP contribution >= 0.6 is 0 Å². The number of aliphatic carboxylic acids is 1. The molecule has 4 atom stereocenters. The third-order valence-corrected chi connectivity index (χ3v) is 7.29. The van der Waals surface area contributed by atoms with Crippen molar-refractivity contribution in [2.45, 2.75) is 51.1 Å². The van der Waals surface area contributed by atoms with Crippen molar-refractivity contribution >= 4 is 11.9 Å². The Bertz CT molecular complexity index is 1070. The quantitative estimate of drug-likeness (QED) is 0.525. The average molecular weight is 497 g/mol. The summed E-state index contributed by atoms with van der Waals surface area (Å²) in [5.41, 5.74) is 1.73. The van der Waals surface area contributed by atoms with Gasteiger partial charge >= 0.3 is 5.97 Å². The summed E-state index contributed by atoms with van der Waals surface area (Å²) in [5.74, 6) is 0.0622. The van der Waals surface area contributed by atoms with Crippen LogP contribution < -0.4 is 14.2 Å². The van der Waals surface area contributed by atoms with Crippen molar-refractivity contribution in [1.82, 2.24) is 9.80 Å². The minimum atomic E-state index is -0.884. The minimum Gasteiger partial charge on any atom is -0.497 e. The molecule has 4 rings (SSSR count). The predicted molar refractivity (Wildman–Crippen MR) is 135 cm³/mol. The molecule has 1 amide bonds. The van der Waals surface area contributed by atoms with E-state index < -0.39 is 24.0 Å². The number of nitrogens with zero attached hydrogens (tertiary/aromatic N) is 2. The van der Waals surface area contributed by atoms with Gasteiger partial charge in [0, 0.05) is 32.1 Å². The molecule has 2 aromatic rings. The molecule has 1 N–H and O–H groups in total. The molecular formula is C28H36N2O6. The van der Waals surface area contributed by atoms with E-state index in [1.165, 1.54) is 0 Å². The minimum absolute atomic E-state index is 0.0349. The first-order chi connectivity index (χ1) is 17.4. The molecular weight excluding hydrogens is 460 g/mol. The number of benzene rings is 2. The predicted octanol–water partition coefficient (Wildman–Crippen LogP) is 4.30. The summed E-state index contributed by atoms with van der Waals surface area (Å²) in [6, 6.07) is 12.3. The zero-order valence-electron chi connectivity index (χ0n) is 21.5. The van der Waals surface area contributed by atoms with Crippen molar-refractivity contribution in [2.24, 2.45) is 5.92 Å². The van der Waals surface area contributed by atoms with Crippen LogP contribution in [0.4, 0.5) is 0 Å². The Labute approximate surface area is 212 Å². The highest BCUT2D eigenvalue weighted by atomic mass is 16.7. The highest BCUT2D eigenvalue weighted by Gasteiger charge is 2.51. The second-order valence-electron chi connectivity index (χ2n) is 9.56. The van der Waals surface area contributed by atoms with Crippen molar-refractivity contribution in [1.29, 1.82) is 0 Å². The number of likely N-dealkylation sites (N-methyl/N-ethyl adjacent to an activating group) is 1. The standard InChI is InChI=1S/C28H36N2O6/c1-5-7-22(27(31)29(3)14-6-2)30-16-21(19-10-13-23-24(15-19)36-17-35-23)25(28(32)33)26(30)18-8-11-20(34-4)12-9-18/h8-13,15,21-22,25-26H,5-7,14,16-17H2,1-4H3,(H,32,33)/t21-,22+,25+,26-/m1/s1. The molecule has 194 valence electrons. The smallest absolute Gasteiger partial charge is 0.309 e. The Balaban J connectivity index is 1.79. The van der Waals surface area contributed by atoms with Gasteiger partial charge in [0.1, 0.15) is 5.75 Å². The normalized spacial score (nSPS) is 21.8. The number of methoxy groups -OCH3 is 1. The first-order valence-corrected chi connectivity index (χ1v) is 12.7. The fourth-order valence-corrected chi connectivity index (χ4v) is 5.57. The molecule has 36 heavy (non-hydrogen) atoms. The van der Waals surface area contributed by atoms with Crippen LogP contribution in [0.3, 0.4) is 0 Å². The molecule has 2 heterocycles. The van der Waals surface area contributed by atoms with Gasteiger partial charge in [-0.1, -0.05) is 38.5 Å². The maximum atomic E-state index is 13.6. The molecule has 0 radical (unpaired) electrons. The van der Waals surface area contributed by atoms with Crippen LogP contribution in [0, 0.1) is 5.92 Å². The van der Waals surface area contributed by atoms with E-state index >= 15 is 0 Å². The topological polar surface area (TPSA) is 88.5 Å². The number of carbonyl (C=O) groups is 2. The van der Waals surface area contributed by atoms with Crippen LogP contribution in [-0.2, 0) is 9.59 Å². The van der Waals surface area contributed by atoms with Gasteiger partial charge in [0.25, 0.3) is 0 Å². The van der Waals surface area contributed by atoms with Crippen molar-refractivity contribution < 1.29 is 28.9 Å². The molecule has 2 aliphatic rings. The number of ether oxygens (including phenoxy) is 3. The number of rotatable bonds is 10. The Morgan fingerprint density at radius 2 is 1.78 bits per heavy atom. The highest BCUT2D eigenvalue weighted by Crippen LogP contribution is 2.49. The highest BCUT2D eigenvalue weighted by molar-refractivity contribution is 5.82. The number of carboxylic acid groups (broad SMARTS) is 1. The second kappa shape index (κ2) is 11.2. The van der Waals surface area contributed by atoms with E-state index in [-0.39, 0.29) is 18.6 Å². The van der Waals surface area contributed by atoms with E-state index in [0.29, 0.717) is 36.8 Å². The first kappa shape index (κ1) is 25.8. The van der Waals surface area contributed by atoms with Gasteiger partial charge < -0.3 is 24.2 Å². The van der Waals surface area contributed by atoms with Crippen molar-refractivity contribution in [3.63, 3.8) is 0 Å². The zero-order chi connectivity index (χ0) is 25.8. The van der Waals surface area contributed by atoms with Gasteiger partial charge in [-0.05, 0) is 48.2 Å². The molecule has 0 saturated carbocycles. The lowest BCUT2D eigenvalue weighted by atomic mass is 9.82. The summed E-state index contributed by atoms with van der Waals surface area (Å²) in [6.45, 7) is 5.37. The maximum Gasteiger partial charge on any atom is 0.309 e. The number of likely N-dealkylation sites (tertiary alicyclic amines) is 1. The number of carboxylic acids is 1. The number of carbonyl (C=O) groups excluding carboxylic acids is 1. The van der Waals surface area contributed by atoms with E-state index in [2.05, 4.69) is 11.8 Å². The summed E-state index contributed by atoms with van der Waals surface area (Å²) in [6.07, 6.45) is 2.33. The molecule has 0 spiro atoms. The monoisotopic (exact) mass is 496 g/mol. The summed E-state index contributed by atoms with van der Waals surface area (Å²) >= 11 is 0. The summed E-state index contributed by atoms with van der Waals surface area (Å²) in [7, 11) is 3.43. The lowest BCUT2D eigenvalue weighted by molar-refractivity contribution is -0.144. The Hall–Kier alpha value is -3.26. The molecule has 0 aromatic heterocycles. The fraction of sp³-hybridized carbons (Fsp3) is 0.500. The van der Waals surface area contributed by atoms with E-state index in [1.54, 1.807) is 12.0 Å². The Morgan fingerprint density at radius 3 is 2.42 bits per heavy atom. The largest absolute Gasteiger partial charge is 0.497 e. The molecule has 0 unspecified atom stereocenters. The van der Waals surface area contributed by atoms with Gasteiger partial charge in [0.2, 0.25) is 12.7 Å². The van der Waals surface area contributed by atoms with E-state index in [1.807, 2.05) is 56.4 Å². The van der Waals surface area contributed by atoms with Gasteiger partial charge in [0.05, 0.1) is 19.1 Å². The lowest BCUT2D eigenvalue weighted by Crippen LogP contribution is -2.48. The summed E-state index contributed by atoms with van der Waals surface area (Å²) in [4.78, 5) is 30.4. The molecule has 8 heteroatoms. The SMILES string of the molecule is CCC[C@@H](C(=O)N(C)CCC)N1C[C@H](c2ccc3c(c2)OCO3)[C@H](C(=O)O)[C@H]1c1ccc(OC)cc1. The van der Waals surface area contributed by atoms with Crippen molar-refractivity contribution in [3.05, 3.63) is 53.6 Å². The van der Waals surface area contributed by atoms with Crippen LogP contribution in [0.2, 0.25) is 0 Å². The third-order valence-electron chi connectivity index (χ3n) is 7.29. The molecule has 0 aliphatic carbocycles. The number of fused-ring (bicyclic) bond motifs is 1. The fourth-order valence-electron chi connectivity index (χ4n) is 5.57. The third kappa shape index (κ3) is 5.00. The number of amides is 1. The van der Waals surface area contributed by atoms with Crippen molar-refractivity contribution in [2.75, 3.05) is 34.0 Å². The average Bonchev–Trinajstić information content (AvgIpc) is 3.51. The molecule has 0 bridgehead atoms. The molecule has 8 nitrogen and oxygen atoms in total. The van der Waals surface area contributed by atoms with Crippen LogP contribution in [-0.4, -0.2) is 66.9 Å². The van der Waals surface area contributed by atoms with Crippen molar-refractivity contribution in [3.8, 4) is 17.2 Å². The molecule has 1 saturated heterocycles. The van der Waals surface area contributed by atoms with Crippen LogP contribution in [0.1, 0.15) is 56.2 Å². The Kier molecular flexibility index (Phi) is 8.04. The number of hydrogen-bond donors (Lipinski definition) is 1. The van der Waals surface area contributed by atoms with Gasteiger partial charge in [0.15, 0.2) is 11.5 Å². The van der Waals surface area contributed by atoms with Gasteiger partial charge in [-0.2, -0.15) is 0 Å². The molecule has 2 aliphatic heterocycles. The second-order valence-corrected chi connectivity index (χ2v) is 9.56. The van der Waals surface area contributed by atoms with Gasteiger partial charge in [-0.25, -0.2) is 0 Å². The molecule has 2 aromatic carbocycles. The van der Waals surface area contributed by atoms with E-state index in [0.717, 1.165) is 24.0 Å². The van der Waals surface area contributed by atoms with E-state index in [4.69, 9.17) is 14.2 Å². The van der Waals surface area contributed by atoms with E-state index in [9.17, 15) is 14.7 Å². The zero-order valence-corrected chi connectivity index (χ0v) is 21.5. The van der Waals surface area contributed by atoms with Crippen LogP contribution in [0.5, 0.6) is 17.2 Å². The number of hydrogen-bond acceptors (Lipinski definition) is 6.